The van der Waals surface area contributed by atoms with Crippen molar-refractivity contribution in [1.29, 1.82) is 0 Å². The molecule has 0 saturated carbocycles. The molecule has 0 aliphatic heterocycles. The normalized spacial score (nSPS) is 12.2. The van der Waals surface area contributed by atoms with Gasteiger partial charge in [-0.3, -0.25) is 4.79 Å². The first kappa shape index (κ1) is 18.0. The molecule has 0 fully saturated rings. The Labute approximate surface area is 150 Å². The molecule has 1 atom stereocenters. The molecule has 0 unspecified atom stereocenters. The Morgan fingerprint density at radius 1 is 1.13 bits per heavy atom. The van der Waals surface area contributed by atoms with Gasteiger partial charge < -0.3 is 10.2 Å². The predicted molar refractivity (Wildman–Crippen MR) is 99.9 cm³/mol. The SMILES string of the molecule is C[NH+](C)C[C@@H](NC(=O)CSc1ccc(Br)cc1)c1ccccc1. The van der Waals surface area contributed by atoms with Gasteiger partial charge in [0.05, 0.1) is 19.8 Å². The monoisotopic (exact) mass is 393 g/mol. The highest BCUT2D eigenvalue weighted by molar-refractivity contribution is 9.10. The zero-order chi connectivity index (χ0) is 16.7. The summed E-state index contributed by atoms with van der Waals surface area (Å²) in [6.07, 6.45) is 0. The third-order valence-corrected chi connectivity index (χ3v) is 4.87. The molecule has 5 heteroatoms. The lowest BCUT2D eigenvalue weighted by Crippen LogP contribution is -3.06. The van der Waals surface area contributed by atoms with Gasteiger partial charge in [-0.15, -0.1) is 11.8 Å². The van der Waals surface area contributed by atoms with Crippen molar-refractivity contribution in [2.45, 2.75) is 10.9 Å². The Morgan fingerprint density at radius 2 is 1.78 bits per heavy atom. The van der Waals surface area contributed by atoms with E-state index >= 15 is 0 Å². The average molecular weight is 394 g/mol. The number of amides is 1. The first-order valence-corrected chi connectivity index (χ1v) is 9.34. The number of benzene rings is 2. The summed E-state index contributed by atoms with van der Waals surface area (Å²) in [7, 11) is 4.19. The summed E-state index contributed by atoms with van der Waals surface area (Å²) < 4.78 is 1.05. The van der Waals surface area contributed by atoms with E-state index in [0.29, 0.717) is 5.75 Å². The standard InChI is InChI=1S/C18H21BrN2OS/c1-21(2)12-17(14-6-4-3-5-7-14)20-18(22)13-23-16-10-8-15(19)9-11-16/h3-11,17H,12-13H2,1-2H3,(H,20,22)/p+1/t17-/m1/s1. The van der Waals surface area contributed by atoms with Crippen molar-refractivity contribution in [3.8, 4) is 0 Å². The van der Waals surface area contributed by atoms with Crippen LogP contribution in [0.1, 0.15) is 11.6 Å². The van der Waals surface area contributed by atoms with Crippen molar-refractivity contribution >= 4 is 33.6 Å². The van der Waals surface area contributed by atoms with Crippen molar-refractivity contribution in [1.82, 2.24) is 5.32 Å². The molecule has 0 saturated heterocycles. The highest BCUT2D eigenvalue weighted by Crippen LogP contribution is 2.20. The molecule has 0 aromatic heterocycles. The number of hydrogen-bond acceptors (Lipinski definition) is 2. The van der Waals surface area contributed by atoms with Gasteiger partial charge >= 0.3 is 0 Å². The minimum atomic E-state index is 0.0409. The molecule has 2 rings (SSSR count). The van der Waals surface area contributed by atoms with Gasteiger partial charge in [-0.25, -0.2) is 0 Å². The van der Waals surface area contributed by atoms with Gasteiger partial charge in [0.2, 0.25) is 5.91 Å². The fraction of sp³-hybridized carbons (Fsp3) is 0.278. The molecule has 3 nitrogen and oxygen atoms in total. The van der Waals surface area contributed by atoms with E-state index in [9.17, 15) is 4.79 Å². The van der Waals surface area contributed by atoms with Gasteiger partial charge in [0.15, 0.2) is 0 Å². The molecule has 122 valence electrons. The molecule has 2 aromatic carbocycles. The van der Waals surface area contributed by atoms with Crippen LogP contribution in [0, 0.1) is 0 Å². The molecule has 0 spiro atoms. The number of carbonyl (C=O) groups excluding carboxylic acids is 1. The second-order valence-electron chi connectivity index (χ2n) is 5.68. The van der Waals surface area contributed by atoms with E-state index in [1.165, 1.54) is 4.90 Å². The van der Waals surface area contributed by atoms with Crippen LogP contribution in [0.5, 0.6) is 0 Å². The summed E-state index contributed by atoms with van der Waals surface area (Å²) >= 11 is 4.97. The van der Waals surface area contributed by atoms with Crippen molar-refractivity contribution in [3.05, 3.63) is 64.6 Å². The van der Waals surface area contributed by atoms with Gasteiger partial charge in [0, 0.05) is 9.37 Å². The molecule has 0 bridgehead atoms. The maximum atomic E-state index is 12.3. The first-order chi connectivity index (χ1) is 11.0. The second-order valence-corrected chi connectivity index (χ2v) is 7.65. The molecule has 2 aromatic rings. The third-order valence-electron chi connectivity index (χ3n) is 3.33. The van der Waals surface area contributed by atoms with Gasteiger partial charge in [-0.1, -0.05) is 46.3 Å². The smallest absolute Gasteiger partial charge is 0.231 e. The Balaban J connectivity index is 1.93. The van der Waals surface area contributed by atoms with E-state index in [2.05, 4.69) is 47.5 Å². The molecule has 0 heterocycles. The number of hydrogen-bond donors (Lipinski definition) is 2. The summed E-state index contributed by atoms with van der Waals surface area (Å²) in [5.74, 6) is 0.487. The molecule has 0 radical (unpaired) electrons. The fourth-order valence-electron chi connectivity index (χ4n) is 2.26. The molecular formula is C18H22BrN2OS+. The van der Waals surface area contributed by atoms with Gasteiger partial charge in [-0.05, 0) is 29.8 Å². The number of quaternary nitrogens is 1. The number of rotatable bonds is 7. The Hall–Kier alpha value is -1.30. The van der Waals surface area contributed by atoms with Crippen LogP contribution in [0.25, 0.3) is 0 Å². The Kier molecular flexibility index (Phi) is 7.15. The predicted octanol–water partition coefficient (Wildman–Crippen LogP) is 2.54. The number of carbonyl (C=O) groups is 1. The van der Waals surface area contributed by atoms with Crippen LogP contribution >= 0.6 is 27.7 Å². The van der Waals surface area contributed by atoms with Crippen LogP contribution in [-0.4, -0.2) is 32.3 Å². The molecule has 1 amide bonds. The van der Waals surface area contributed by atoms with E-state index in [4.69, 9.17) is 0 Å². The van der Waals surface area contributed by atoms with Gasteiger partial charge in [0.25, 0.3) is 0 Å². The van der Waals surface area contributed by atoms with Crippen LogP contribution in [-0.2, 0) is 4.79 Å². The fourth-order valence-corrected chi connectivity index (χ4v) is 3.24. The van der Waals surface area contributed by atoms with Crippen LogP contribution < -0.4 is 10.2 Å². The van der Waals surface area contributed by atoms with E-state index in [-0.39, 0.29) is 11.9 Å². The minimum Gasteiger partial charge on any atom is -0.343 e. The summed E-state index contributed by atoms with van der Waals surface area (Å²) in [5, 5.41) is 3.16. The first-order valence-electron chi connectivity index (χ1n) is 7.56. The lowest BCUT2D eigenvalue weighted by atomic mass is 10.1. The molecule has 2 N–H and O–H groups in total. The minimum absolute atomic E-state index is 0.0409. The summed E-state index contributed by atoms with van der Waals surface area (Å²) in [5.41, 5.74) is 1.15. The molecule has 0 aliphatic carbocycles. The Bertz CT molecular complexity index is 617. The molecule has 0 aliphatic rings. The topological polar surface area (TPSA) is 33.5 Å². The second kappa shape index (κ2) is 9.11. The zero-order valence-corrected chi connectivity index (χ0v) is 15.8. The third kappa shape index (κ3) is 6.37. The zero-order valence-electron chi connectivity index (χ0n) is 13.4. The van der Waals surface area contributed by atoms with E-state index in [0.717, 1.165) is 21.5 Å². The molecule has 23 heavy (non-hydrogen) atoms. The van der Waals surface area contributed by atoms with Crippen LogP contribution in [0.4, 0.5) is 0 Å². The van der Waals surface area contributed by atoms with Crippen LogP contribution in [0.3, 0.4) is 0 Å². The largest absolute Gasteiger partial charge is 0.343 e. The van der Waals surface area contributed by atoms with E-state index in [1.807, 2.05) is 42.5 Å². The lowest BCUT2D eigenvalue weighted by molar-refractivity contribution is -0.860. The number of thioether (sulfide) groups is 1. The van der Waals surface area contributed by atoms with Gasteiger partial charge in [-0.2, -0.15) is 0 Å². The Morgan fingerprint density at radius 3 is 2.39 bits per heavy atom. The summed E-state index contributed by atoms with van der Waals surface area (Å²) in [6, 6.07) is 18.2. The number of nitrogens with one attached hydrogen (secondary N) is 2. The van der Waals surface area contributed by atoms with E-state index in [1.54, 1.807) is 11.8 Å². The molecular weight excluding hydrogens is 372 g/mol. The van der Waals surface area contributed by atoms with Gasteiger partial charge in [0.1, 0.15) is 12.6 Å². The summed E-state index contributed by atoms with van der Waals surface area (Å²) in [4.78, 5) is 14.7. The maximum absolute atomic E-state index is 12.3. The highest BCUT2D eigenvalue weighted by atomic mass is 79.9. The lowest BCUT2D eigenvalue weighted by Gasteiger charge is -2.20. The van der Waals surface area contributed by atoms with Crippen molar-refractivity contribution in [3.63, 3.8) is 0 Å². The quantitative estimate of drug-likeness (QED) is 0.708. The summed E-state index contributed by atoms with van der Waals surface area (Å²) in [6.45, 7) is 0.860. The maximum Gasteiger partial charge on any atom is 0.231 e. The average Bonchev–Trinajstić information content (AvgIpc) is 2.54. The van der Waals surface area contributed by atoms with Crippen LogP contribution in [0.2, 0.25) is 0 Å². The van der Waals surface area contributed by atoms with Crippen LogP contribution in [0.15, 0.2) is 64.0 Å². The number of likely N-dealkylation sites (N-methyl/N-ethyl adjacent to an activating group) is 1. The van der Waals surface area contributed by atoms with Crippen molar-refractivity contribution < 1.29 is 9.69 Å². The van der Waals surface area contributed by atoms with Crippen molar-refractivity contribution in [2.75, 3.05) is 26.4 Å². The van der Waals surface area contributed by atoms with Crippen molar-refractivity contribution in [2.24, 2.45) is 0 Å². The van der Waals surface area contributed by atoms with E-state index < -0.39 is 0 Å². The highest BCUT2D eigenvalue weighted by Gasteiger charge is 2.17. The number of halogens is 1.